The van der Waals surface area contributed by atoms with Gasteiger partial charge in [-0.1, -0.05) is 17.8 Å². The molecule has 1 atom stereocenters. The standard InChI is InChI=1S/C21H17N5O3S/c1-12(20(27)25-13-5-3-6-14(9-13)28-2)30-21-16(11-23)18(17-7-4-8-29-17)15(10-22)19(24)26-21/h3-9,12H,1-2H3,(H2,24,26)(H,25,27). The largest absolute Gasteiger partial charge is 0.497 e. The van der Waals surface area contributed by atoms with Crippen LogP contribution in [0.5, 0.6) is 5.75 Å². The zero-order valence-electron chi connectivity index (χ0n) is 16.2. The number of hydrogen-bond acceptors (Lipinski definition) is 8. The average Bonchev–Trinajstić information content (AvgIpc) is 3.27. The number of furan rings is 1. The number of ether oxygens (including phenoxy) is 1. The number of nitrogens with two attached hydrogens (primary N) is 1. The molecule has 2 heterocycles. The fraction of sp³-hybridized carbons (Fsp3) is 0.143. The second kappa shape index (κ2) is 9.03. The molecular weight excluding hydrogens is 402 g/mol. The molecule has 0 aliphatic heterocycles. The Balaban J connectivity index is 1.91. The van der Waals surface area contributed by atoms with Gasteiger partial charge in [0.2, 0.25) is 5.91 Å². The highest BCUT2D eigenvalue weighted by Crippen LogP contribution is 2.37. The maximum atomic E-state index is 12.7. The van der Waals surface area contributed by atoms with Crippen molar-refractivity contribution in [2.75, 3.05) is 18.2 Å². The number of thioether (sulfide) groups is 1. The minimum atomic E-state index is -0.604. The van der Waals surface area contributed by atoms with Gasteiger partial charge in [-0.25, -0.2) is 4.98 Å². The Morgan fingerprint density at radius 3 is 2.67 bits per heavy atom. The third-order valence-corrected chi connectivity index (χ3v) is 5.26. The van der Waals surface area contributed by atoms with Crippen LogP contribution >= 0.6 is 11.8 Å². The van der Waals surface area contributed by atoms with Crippen LogP contribution in [0.2, 0.25) is 0 Å². The number of carbonyl (C=O) groups is 1. The molecule has 0 aliphatic rings. The molecule has 3 rings (SSSR count). The van der Waals surface area contributed by atoms with Crippen molar-refractivity contribution in [3.05, 3.63) is 53.8 Å². The van der Waals surface area contributed by atoms with Crippen molar-refractivity contribution in [3.8, 4) is 29.2 Å². The van der Waals surface area contributed by atoms with Gasteiger partial charge in [-0.05, 0) is 31.2 Å². The summed E-state index contributed by atoms with van der Waals surface area (Å²) in [5, 5.41) is 21.7. The zero-order valence-corrected chi connectivity index (χ0v) is 17.0. The van der Waals surface area contributed by atoms with E-state index >= 15 is 0 Å². The van der Waals surface area contributed by atoms with Gasteiger partial charge in [-0.3, -0.25) is 4.79 Å². The van der Waals surface area contributed by atoms with E-state index in [0.717, 1.165) is 11.8 Å². The first-order valence-corrected chi connectivity index (χ1v) is 9.65. The number of amides is 1. The summed E-state index contributed by atoms with van der Waals surface area (Å²) >= 11 is 1.07. The lowest BCUT2D eigenvalue weighted by Crippen LogP contribution is -2.22. The van der Waals surface area contributed by atoms with Crippen molar-refractivity contribution in [2.45, 2.75) is 17.2 Å². The van der Waals surface area contributed by atoms with Crippen LogP contribution in [0.25, 0.3) is 11.3 Å². The molecule has 0 saturated heterocycles. The first kappa shape index (κ1) is 20.8. The van der Waals surface area contributed by atoms with Crippen molar-refractivity contribution < 1.29 is 13.9 Å². The first-order valence-electron chi connectivity index (χ1n) is 8.77. The van der Waals surface area contributed by atoms with E-state index in [4.69, 9.17) is 14.9 Å². The number of nitrogens with one attached hydrogen (secondary N) is 1. The third kappa shape index (κ3) is 4.22. The Hall–Kier alpha value is -3.95. The molecule has 0 aliphatic carbocycles. The van der Waals surface area contributed by atoms with Gasteiger partial charge in [-0.2, -0.15) is 10.5 Å². The number of nitriles is 2. The maximum absolute atomic E-state index is 12.7. The van der Waals surface area contributed by atoms with E-state index in [1.165, 1.54) is 6.26 Å². The molecule has 3 aromatic rings. The highest BCUT2D eigenvalue weighted by Gasteiger charge is 2.25. The lowest BCUT2D eigenvalue weighted by atomic mass is 10.0. The van der Waals surface area contributed by atoms with E-state index in [1.54, 1.807) is 50.4 Å². The molecule has 1 amide bonds. The monoisotopic (exact) mass is 419 g/mol. The highest BCUT2D eigenvalue weighted by molar-refractivity contribution is 8.00. The number of benzene rings is 1. The molecule has 0 fully saturated rings. The summed E-state index contributed by atoms with van der Waals surface area (Å²) in [6.45, 7) is 1.68. The van der Waals surface area contributed by atoms with Crippen LogP contribution in [0.4, 0.5) is 11.5 Å². The van der Waals surface area contributed by atoms with Gasteiger partial charge < -0.3 is 20.2 Å². The third-order valence-electron chi connectivity index (χ3n) is 4.18. The van der Waals surface area contributed by atoms with Gasteiger partial charge in [0.15, 0.2) is 0 Å². The Morgan fingerprint density at radius 1 is 1.27 bits per heavy atom. The number of methoxy groups -OCH3 is 1. The minimum absolute atomic E-state index is 0.0363. The van der Waals surface area contributed by atoms with E-state index in [9.17, 15) is 15.3 Å². The van der Waals surface area contributed by atoms with Gasteiger partial charge in [0.1, 0.15) is 40.1 Å². The van der Waals surface area contributed by atoms with E-state index in [0.29, 0.717) is 17.2 Å². The fourth-order valence-corrected chi connectivity index (χ4v) is 3.63. The van der Waals surface area contributed by atoms with Gasteiger partial charge in [0, 0.05) is 11.8 Å². The number of carbonyl (C=O) groups excluding carboxylic acids is 1. The second-order valence-corrected chi connectivity index (χ2v) is 7.44. The van der Waals surface area contributed by atoms with Crippen LogP contribution in [-0.2, 0) is 4.79 Å². The molecule has 30 heavy (non-hydrogen) atoms. The van der Waals surface area contributed by atoms with Crippen LogP contribution in [-0.4, -0.2) is 23.3 Å². The molecule has 9 heteroatoms. The number of pyridine rings is 1. The van der Waals surface area contributed by atoms with E-state index in [-0.39, 0.29) is 33.4 Å². The van der Waals surface area contributed by atoms with E-state index < -0.39 is 5.25 Å². The van der Waals surface area contributed by atoms with Crippen LogP contribution in [0.1, 0.15) is 18.1 Å². The topological polar surface area (TPSA) is 138 Å². The molecule has 0 saturated carbocycles. The SMILES string of the molecule is COc1cccc(NC(=O)C(C)Sc2nc(N)c(C#N)c(-c3ccco3)c2C#N)c1. The summed E-state index contributed by atoms with van der Waals surface area (Å²) in [5.74, 6) is 0.615. The van der Waals surface area contributed by atoms with Crippen molar-refractivity contribution in [2.24, 2.45) is 0 Å². The minimum Gasteiger partial charge on any atom is -0.497 e. The predicted molar refractivity (Wildman–Crippen MR) is 113 cm³/mol. The second-order valence-electron chi connectivity index (χ2n) is 6.11. The van der Waals surface area contributed by atoms with Crippen molar-refractivity contribution in [1.82, 2.24) is 4.98 Å². The molecule has 3 N–H and O–H groups in total. The molecule has 8 nitrogen and oxygen atoms in total. The van der Waals surface area contributed by atoms with Gasteiger partial charge in [-0.15, -0.1) is 0 Å². The van der Waals surface area contributed by atoms with Crippen LogP contribution < -0.4 is 15.8 Å². The Labute approximate surface area is 177 Å². The summed E-state index contributed by atoms with van der Waals surface area (Å²) in [6, 6.07) is 14.3. The quantitative estimate of drug-likeness (QED) is 0.575. The highest BCUT2D eigenvalue weighted by atomic mass is 32.2. The summed E-state index contributed by atoms with van der Waals surface area (Å²) < 4.78 is 10.5. The normalized spacial score (nSPS) is 11.2. The molecule has 2 aromatic heterocycles. The summed E-state index contributed by atoms with van der Waals surface area (Å²) in [5.41, 5.74) is 6.98. The summed E-state index contributed by atoms with van der Waals surface area (Å²) in [7, 11) is 1.54. The van der Waals surface area contributed by atoms with Crippen molar-refractivity contribution in [3.63, 3.8) is 0 Å². The van der Waals surface area contributed by atoms with E-state index in [1.807, 2.05) is 6.07 Å². The Kier molecular flexibility index (Phi) is 6.26. The number of hydrogen-bond donors (Lipinski definition) is 2. The Morgan fingerprint density at radius 2 is 2.03 bits per heavy atom. The summed E-state index contributed by atoms with van der Waals surface area (Å²) in [4.78, 5) is 16.8. The maximum Gasteiger partial charge on any atom is 0.237 e. The molecular formula is C21H17N5O3S. The molecule has 1 unspecified atom stereocenters. The number of aromatic nitrogens is 1. The lowest BCUT2D eigenvalue weighted by molar-refractivity contribution is -0.115. The molecule has 0 radical (unpaired) electrons. The lowest BCUT2D eigenvalue weighted by Gasteiger charge is -2.15. The number of anilines is 2. The van der Waals surface area contributed by atoms with Gasteiger partial charge in [0.05, 0.1) is 29.7 Å². The fourth-order valence-electron chi connectivity index (χ4n) is 2.72. The van der Waals surface area contributed by atoms with Gasteiger partial charge >= 0.3 is 0 Å². The van der Waals surface area contributed by atoms with Crippen molar-refractivity contribution in [1.29, 1.82) is 10.5 Å². The van der Waals surface area contributed by atoms with Crippen LogP contribution in [0.3, 0.4) is 0 Å². The zero-order chi connectivity index (χ0) is 21.7. The van der Waals surface area contributed by atoms with Crippen LogP contribution in [0, 0.1) is 22.7 Å². The smallest absolute Gasteiger partial charge is 0.237 e. The van der Waals surface area contributed by atoms with Crippen LogP contribution in [0.15, 0.2) is 52.1 Å². The number of rotatable bonds is 6. The van der Waals surface area contributed by atoms with Crippen molar-refractivity contribution >= 4 is 29.2 Å². The Bertz CT molecular complexity index is 1160. The first-order chi connectivity index (χ1) is 14.5. The van der Waals surface area contributed by atoms with Gasteiger partial charge in [0.25, 0.3) is 0 Å². The number of nitrogens with zero attached hydrogens (tertiary/aromatic N) is 3. The molecule has 0 spiro atoms. The number of nitrogen functional groups attached to an aromatic ring is 1. The molecule has 150 valence electrons. The molecule has 1 aromatic carbocycles. The summed E-state index contributed by atoms with van der Waals surface area (Å²) in [6.07, 6.45) is 1.44. The predicted octanol–water partition coefficient (Wildman–Crippen LogP) is 3.80. The molecule has 0 bridgehead atoms. The van der Waals surface area contributed by atoms with E-state index in [2.05, 4.69) is 16.4 Å². The average molecular weight is 419 g/mol.